The zero-order valence-corrected chi connectivity index (χ0v) is 14.5. The van der Waals surface area contributed by atoms with Crippen molar-refractivity contribution in [3.63, 3.8) is 0 Å². The molecule has 1 unspecified atom stereocenters. The molecule has 0 saturated heterocycles. The van der Waals surface area contributed by atoms with Crippen LogP contribution in [-0.2, 0) is 0 Å². The van der Waals surface area contributed by atoms with E-state index >= 15 is 0 Å². The van der Waals surface area contributed by atoms with Gasteiger partial charge in [0, 0.05) is 12.2 Å². The Hall–Kier alpha value is -0.190. The quantitative estimate of drug-likeness (QED) is 0.444. The van der Waals surface area contributed by atoms with E-state index in [0.717, 1.165) is 30.7 Å². The van der Waals surface area contributed by atoms with Crippen molar-refractivity contribution >= 4 is 12.6 Å². The largest absolute Gasteiger partial charge is 0.394 e. The van der Waals surface area contributed by atoms with Crippen LogP contribution in [-0.4, -0.2) is 35.2 Å². The average molecular weight is 304 g/mol. The van der Waals surface area contributed by atoms with Crippen molar-refractivity contribution in [1.82, 2.24) is 5.32 Å². The maximum Gasteiger partial charge on any atom is 0.0942 e. The van der Waals surface area contributed by atoms with Crippen molar-refractivity contribution < 1.29 is 10.2 Å². The van der Waals surface area contributed by atoms with E-state index in [0.29, 0.717) is 12.0 Å². The van der Waals surface area contributed by atoms with Crippen molar-refractivity contribution in [1.29, 1.82) is 0 Å². The van der Waals surface area contributed by atoms with E-state index in [1.807, 2.05) is 0 Å². The van der Waals surface area contributed by atoms with Crippen LogP contribution in [0.15, 0.2) is 12.3 Å². The first-order valence-electron chi connectivity index (χ1n) is 7.43. The zero-order valence-electron chi connectivity index (χ0n) is 13.6. The van der Waals surface area contributed by atoms with Gasteiger partial charge in [-0.25, -0.2) is 0 Å². The van der Waals surface area contributed by atoms with Crippen LogP contribution in [0.25, 0.3) is 0 Å². The molecule has 4 heteroatoms. The van der Waals surface area contributed by atoms with Crippen molar-refractivity contribution in [3.05, 3.63) is 12.3 Å². The van der Waals surface area contributed by atoms with E-state index in [9.17, 15) is 5.11 Å². The lowest BCUT2D eigenvalue weighted by Gasteiger charge is -2.32. The molecule has 0 spiro atoms. The SMILES string of the molecule is C=C(CC(C)(C)CCC(C)(C)CCS)NCC(O)CO. The van der Waals surface area contributed by atoms with Crippen LogP contribution in [0.4, 0.5) is 0 Å². The summed E-state index contributed by atoms with van der Waals surface area (Å²) in [6.07, 6.45) is 3.60. The van der Waals surface area contributed by atoms with Gasteiger partial charge in [0.1, 0.15) is 0 Å². The molecule has 0 saturated carbocycles. The van der Waals surface area contributed by atoms with E-state index in [2.05, 4.69) is 52.2 Å². The molecule has 0 fully saturated rings. The molecule has 20 heavy (non-hydrogen) atoms. The molecule has 0 bridgehead atoms. The van der Waals surface area contributed by atoms with E-state index < -0.39 is 6.10 Å². The van der Waals surface area contributed by atoms with Crippen LogP contribution in [0.3, 0.4) is 0 Å². The number of hydrogen-bond acceptors (Lipinski definition) is 4. The number of aliphatic hydroxyl groups is 2. The highest BCUT2D eigenvalue weighted by molar-refractivity contribution is 7.80. The second-order valence-electron chi connectivity index (χ2n) is 7.30. The predicted octanol–water partition coefficient (Wildman–Crippen LogP) is 2.99. The summed E-state index contributed by atoms with van der Waals surface area (Å²) in [6, 6.07) is 0. The third-order valence-electron chi connectivity index (χ3n) is 3.76. The van der Waals surface area contributed by atoms with Crippen molar-refractivity contribution in [2.75, 3.05) is 18.9 Å². The summed E-state index contributed by atoms with van der Waals surface area (Å²) >= 11 is 4.32. The van der Waals surface area contributed by atoms with Crippen molar-refractivity contribution in [2.45, 2.75) is 59.5 Å². The molecule has 120 valence electrons. The van der Waals surface area contributed by atoms with Gasteiger partial charge >= 0.3 is 0 Å². The fourth-order valence-electron chi connectivity index (χ4n) is 2.16. The van der Waals surface area contributed by atoms with Crippen LogP contribution < -0.4 is 5.32 Å². The van der Waals surface area contributed by atoms with Gasteiger partial charge in [-0.2, -0.15) is 12.6 Å². The Balaban J connectivity index is 4.14. The zero-order chi connectivity index (χ0) is 15.8. The van der Waals surface area contributed by atoms with Gasteiger partial charge in [0.05, 0.1) is 12.7 Å². The summed E-state index contributed by atoms with van der Waals surface area (Å²) in [5, 5.41) is 21.2. The highest BCUT2D eigenvalue weighted by Gasteiger charge is 2.24. The number of thiol groups is 1. The monoisotopic (exact) mass is 303 g/mol. The Morgan fingerprint density at radius 1 is 1.15 bits per heavy atom. The maximum absolute atomic E-state index is 9.31. The Labute approximate surface area is 130 Å². The summed E-state index contributed by atoms with van der Waals surface area (Å²) in [5.41, 5.74) is 1.44. The molecule has 0 rings (SSSR count). The number of allylic oxidation sites excluding steroid dienone is 1. The van der Waals surface area contributed by atoms with Gasteiger partial charge in [-0.1, -0.05) is 34.3 Å². The summed E-state index contributed by atoms with van der Waals surface area (Å²) in [6.45, 7) is 13.2. The molecule has 3 nitrogen and oxygen atoms in total. The highest BCUT2D eigenvalue weighted by atomic mass is 32.1. The molecule has 0 aliphatic rings. The minimum atomic E-state index is -0.718. The minimum absolute atomic E-state index is 0.183. The molecule has 1 atom stereocenters. The van der Waals surface area contributed by atoms with E-state index in [1.165, 1.54) is 6.42 Å². The topological polar surface area (TPSA) is 52.5 Å². The van der Waals surface area contributed by atoms with E-state index in [-0.39, 0.29) is 12.0 Å². The van der Waals surface area contributed by atoms with Crippen molar-refractivity contribution in [2.24, 2.45) is 10.8 Å². The Morgan fingerprint density at radius 2 is 1.70 bits per heavy atom. The molecular weight excluding hydrogens is 270 g/mol. The lowest BCUT2D eigenvalue weighted by atomic mass is 9.76. The smallest absolute Gasteiger partial charge is 0.0942 e. The number of aliphatic hydroxyl groups excluding tert-OH is 2. The van der Waals surface area contributed by atoms with Crippen LogP contribution >= 0.6 is 12.6 Å². The number of hydrogen-bond donors (Lipinski definition) is 4. The standard InChI is InChI=1S/C16H33NO2S/c1-13(17-11-14(19)12-18)10-16(4,5)7-6-15(2,3)8-9-20/h14,17-20H,1,6-12H2,2-5H3. The minimum Gasteiger partial charge on any atom is -0.394 e. The van der Waals surface area contributed by atoms with Gasteiger partial charge in [0.15, 0.2) is 0 Å². The van der Waals surface area contributed by atoms with E-state index in [4.69, 9.17) is 5.11 Å². The predicted molar refractivity (Wildman–Crippen MR) is 90.1 cm³/mol. The fraction of sp³-hybridized carbons (Fsp3) is 0.875. The maximum atomic E-state index is 9.31. The summed E-state index contributed by atoms with van der Waals surface area (Å²) < 4.78 is 0. The number of nitrogens with one attached hydrogen (secondary N) is 1. The lowest BCUT2D eigenvalue weighted by molar-refractivity contribution is 0.0958. The molecule has 0 aromatic heterocycles. The summed E-state index contributed by atoms with van der Waals surface area (Å²) in [4.78, 5) is 0. The van der Waals surface area contributed by atoms with Gasteiger partial charge in [-0.3, -0.25) is 0 Å². The molecule has 0 radical (unpaired) electrons. The molecule has 0 aromatic carbocycles. The first-order valence-corrected chi connectivity index (χ1v) is 8.06. The summed E-state index contributed by atoms with van der Waals surface area (Å²) in [5.74, 6) is 0.931. The molecule has 3 N–H and O–H groups in total. The molecule has 0 aliphatic heterocycles. The van der Waals surface area contributed by atoms with Gasteiger partial charge in [-0.05, 0) is 42.3 Å². The molecule has 0 heterocycles. The van der Waals surface area contributed by atoms with Gasteiger partial charge < -0.3 is 15.5 Å². The van der Waals surface area contributed by atoms with Crippen LogP contribution in [0.2, 0.25) is 0 Å². The molecule has 0 aliphatic carbocycles. The second-order valence-corrected chi connectivity index (χ2v) is 7.75. The van der Waals surface area contributed by atoms with Crippen molar-refractivity contribution in [3.8, 4) is 0 Å². The van der Waals surface area contributed by atoms with Crippen LogP contribution in [0.5, 0.6) is 0 Å². The number of rotatable bonds is 11. The summed E-state index contributed by atoms with van der Waals surface area (Å²) in [7, 11) is 0. The Kier molecular flexibility index (Phi) is 8.87. The lowest BCUT2D eigenvalue weighted by Crippen LogP contribution is -2.30. The Bertz CT molecular complexity index is 290. The third kappa shape index (κ3) is 9.67. The second kappa shape index (κ2) is 8.96. The van der Waals surface area contributed by atoms with Gasteiger partial charge in [-0.15, -0.1) is 0 Å². The van der Waals surface area contributed by atoms with E-state index in [1.54, 1.807) is 0 Å². The van der Waals surface area contributed by atoms with Gasteiger partial charge in [0.2, 0.25) is 0 Å². The van der Waals surface area contributed by atoms with Gasteiger partial charge in [0.25, 0.3) is 0 Å². The highest BCUT2D eigenvalue weighted by Crippen LogP contribution is 2.36. The fourth-order valence-corrected chi connectivity index (χ4v) is 2.77. The average Bonchev–Trinajstić information content (AvgIpc) is 2.33. The Morgan fingerprint density at radius 3 is 2.20 bits per heavy atom. The molecule has 0 aromatic rings. The first kappa shape index (κ1) is 19.8. The molecule has 0 amide bonds. The first-order chi connectivity index (χ1) is 9.12. The third-order valence-corrected chi connectivity index (χ3v) is 3.98. The molecular formula is C16H33NO2S. The normalized spacial score (nSPS) is 14.2. The van der Waals surface area contributed by atoms with Crippen LogP contribution in [0, 0.1) is 10.8 Å². The van der Waals surface area contributed by atoms with Crippen LogP contribution in [0.1, 0.15) is 53.4 Å².